The predicted molar refractivity (Wildman–Crippen MR) is 73.5 cm³/mol. The Morgan fingerprint density at radius 2 is 2.00 bits per heavy atom. The molecule has 0 unspecified atom stereocenters. The highest BCUT2D eigenvalue weighted by Crippen LogP contribution is 2.37. The van der Waals surface area contributed by atoms with Crippen molar-refractivity contribution in [2.75, 3.05) is 6.54 Å². The minimum atomic E-state index is -3.42. The van der Waals surface area contributed by atoms with Crippen LogP contribution in [0.1, 0.15) is 31.2 Å². The van der Waals surface area contributed by atoms with Crippen molar-refractivity contribution in [3.8, 4) is 5.75 Å². The minimum absolute atomic E-state index is 0.0249. The Morgan fingerprint density at radius 3 is 2.68 bits per heavy atom. The Kier molecular flexibility index (Phi) is 3.11. The van der Waals surface area contributed by atoms with E-state index in [1.165, 1.54) is 18.9 Å². The number of phenolic OH excluding ortho intramolecular Hbond substituents is 1. The Hall–Kier alpha value is -1.33. The molecule has 2 N–H and O–H groups in total. The molecule has 0 radical (unpaired) electrons. The van der Waals surface area contributed by atoms with E-state index in [1.54, 1.807) is 18.2 Å². The molecule has 102 valence electrons. The predicted octanol–water partition coefficient (Wildman–Crippen LogP) is 2.05. The second kappa shape index (κ2) is 4.65. The molecule has 0 spiro atoms. The van der Waals surface area contributed by atoms with Gasteiger partial charge >= 0.3 is 0 Å². The molecular formula is C14H17NO3S. The lowest BCUT2D eigenvalue weighted by atomic mass is 10.2. The highest BCUT2D eigenvalue weighted by atomic mass is 32.2. The first-order chi connectivity index (χ1) is 9.09. The number of nitrogens with one attached hydrogen (secondary N) is 1. The molecule has 0 saturated heterocycles. The van der Waals surface area contributed by atoms with Gasteiger partial charge in [-0.25, -0.2) is 8.42 Å². The van der Waals surface area contributed by atoms with E-state index < -0.39 is 9.84 Å². The number of benzene rings is 1. The van der Waals surface area contributed by atoms with Crippen LogP contribution in [0.3, 0.4) is 0 Å². The summed E-state index contributed by atoms with van der Waals surface area (Å²) in [5.41, 5.74) is 0.422. The van der Waals surface area contributed by atoms with Gasteiger partial charge in [-0.2, -0.15) is 0 Å². The monoisotopic (exact) mass is 279 g/mol. The van der Waals surface area contributed by atoms with E-state index in [0.717, 1.165) is 12.8 Å². The number of sulfone groups is 1. The topological polar surface area (TPSA) is 66.4 Å². The molecule has 4 nitrogen and oxygen atoms in total. The Balaban J connectivity index is 1.84. The minimum Gasteiger partial charge on any atom is -0.507 e. The van der Waals surface area contributed by atoms with Gasteiger partial charge in [0, 0.05) is 18.2 Å². The fourth-order valence-corrected chi connectivity index (χ4v) is 4.35. The molecule has 1 aliphatic carbocycles. The summed E-state index contributed by atoms with van der Waals surface area (Å²) in [7, 11) is -3.42. The van der Waals surface area contributed by atoms with E-state index in [4.69, 9.17) is 0 Å². The van der Waals surface area contributed by atoms with Crippen molar-refractivity contribution in [2.24, 2.45) is 0 Å². The number of hydrogen-bond donors (Lipinski definition) is 2. The number of phenols is 1. The van der Waals surface area contributed by atoms with Crippen molar-refractivity contribution in [2.45, 2.75) is 36.6 Å². The van der Waals surface area contributed by atoms with Crippen LogP contribution >= 0.6 is 0 Å². The first kappa shape index (κ1) is 12.7. The van der Waals surface area contributed by atoms with Crippen LogP contribution in [0.4, 0.5) is 0 Å². The molecule has 1 fully saturated rings. The van der Waals surface area contributed by atoms with E-state index >= 15 is 0 Å². The van der Waals surface area contributed by atoms with Gasteiger partial charge in [-0.05, 0) is 31.1 Å². The fraction of sp³-hybridized carbons (Fsp3) is 0.429. The largest absolute Gasteiger partial charge is 0.507 e. The summed E-state index contributed by atoms with van der Waals surface area (Å²) in [6, 6.07) is 5.04. The van der Waals surface area contributed by atoms with E-state index in [0.29, 0.717) is 23.1 Å². The average molecular weight is 279 g/mol. The Labute approximate surface area is 113 Å². The summed E-state index contributed by atoms with van der Waals surface area (Å²) in [6.45, 7) is 0.348. The van der Waals surface area contributed by atoms with Crippen LogP contribution in [0.25, 0.3) is 6.08 Å². The molecule has 1 heterocycles. The van der Waals surface area contributed by atoms with Crippen molar-refractivity contribution < 1.29 is 13.5 Å². The SMILES string of the molecule is O=S1(=O)C(CNC2CCCC2)=Cc2c(O)cccc21. The zero-order chi connectivity index (χ0) is 13.5. The molecule has 1 saturated carbocycles. The van der Waals surface area contributed by atoms with Crippen LogP contribution in [0.5, 0.6) is 5.75 Å². The molecule has 0 aromatic heterocycles. The molecular weight excluding hydrogens is 262 g/mol. The molecule has 0 atom stereocenters. The van der Waals surface area contributed by atoms with Gasteiger partial charge < -0.3 is 10.4 Å². The third-order valence-corrected chi connectivity index (χ3v) is 5.79. The summed E-state index contributed by atoms with van der Waals surface area (Å²) in [4.78, 5) is 0.576. The van der Waals surface area contributed by atoms with Crippen molar-refractivity contribution >= 4 is 15.9 Å². The summed E-state index contributed by atoms with van der Waals surface area (Å²) < 4.78 is 24.6. The van der Waals surface area contributed by atoms with Gasteiger partial charge in [-0.3, -0.25) is 0 Å². The lowest BCUT2D eigenvalue weighted by molar-refractivity contribution is 0.472. The standard InChI is InChI=1S/C14H17NO3S/c16-13-6-3-7-14-12(13)8-11(19(14,17)18)9-15-10-4-1-2-5-10/h3,6-8,10,15-16H,1-2,4-5,9H2. The summed E-state index contributed by atoms with van der Waals surface area (Å²) in [6.07, 6.45) is 6.24. The van der Waals surface area contributed by atoms with Crippen LogP contribution in [-0.2, 0) is 9.84 Å². The van der Waals surface area contributed by atoms with Gasteiger partial charge in [0.25, 0.3) is 0 Å². The zero-order valence-corrected chi connectivity index (χ0v) is 11.4. The van der Waals surface area contributed by atoms with Gasteiger partial charge in [0.1, 0.15) is 5.75 Å². The maximum absolute atomic E-state index is 12.3. The summed E-state index contributed by atoms with van der Waals surface area (Å²) >= 11 is 0. The van der Waals surface area contributed by atoms with E-state index in [1.807, 2.05) is 0 Å². The van der Waals surface area contributed by atoms with Crippen LogP contribution in [0.2, 0.25) is 0 Å². The zero-order valence-electron chi connectivity index (χ0n) is 10.6. The molecule has 5 heteroatoms. The smallest absolute Gasteiger partial charge is 0.204 e. The third-order valence-electron chi connectivity index (χ3n) is 3.90. The van der Waals surface area contributed by atoms with E-state index in [2.05, 4.69) is 5.32 Å². The quantitative estimate of drug-likeness (QED) is 0.888. The van der Waals surface area contributed by atoms with E-state index in [9.17, 15) is 13.5 Å². The van der Waals surface area contributed by atoms with Gasteiger partial charge in [0.2, 0.25) is 9.84 Å². The molecule has 0 amide bonds. The van der Waals surface area contributed by atoms with Crippen molar-refractivity contribution in [1.29, 1.82) is 0 Å². The molecule has 1 aromatic rings. The van der Waals surface area contributed by atoms with Crippen LogP contribution in [0, 0.1) is 0 Å². The van der Waals surface area contributed by atoms with Gasteiger partial charge in [0.15, 0.2) is 0 Å². The first-order valence-electron chi connectivity index (χ1n) is 6.60. The highest BCUT2D eigenvalue weighted by Gasteiger charge is 2.31. The van der Waals surface area contributed by atoms with Crippen molar-refractivity contribution in [1.82, 2.24) is 5.32 Å². The van der Waals surface area contributed by atoms with Gasteiger partial charge in [0.05, 0.1) is 9.80 Å². The number of hydrogen-bond acceptors (Lipinski definition) is 4. The number of fused-ring (bicyclic) bond motifs is 1. The maximum Gasteiger partial charge on any atom is 0.204 e. The maximum atomic E-state index is 12.3. The van der Waals surface area contributed by atoms with Crippen LogP contribution in [-0.4, -0.2) is 26.1 Å². The highest BCUT2D eigenvalue weighted by molar-refractivity contribution is 7.95. The molecule has 19 heavy (non-hydrogen) atoms. The Bertz CT molecular complexity index is 628. The average Bonchev–Trinajstić information content (AvgIpc) is 2.96. The summed E-state index contributed by atoms with van der Waals surface area (Å²) in [5.74, 6) is 0.0249. The van der Waals surface area contributed by atoms with Gasteiger partial charge in [-0.15, -0.1) is 0 Å². The third kappa shape index (κ3) is 2.17. The lowest BCUT2D eigenvalue weighted by Crippen LogP contribution is -2.29. The molecule has 1 aliphatic heterocycles. The second-order valence-corrected chi connectivity index (χ2v) is 7.14. The normalized spacial score (nSPS) is 21.4. The number of rotatable bonds is 3. The molecule has 1 aromatic carbocycles. The lowest BCUT2D eigenvalue weighted by Gasteiger charge is -2.12. The summed E-state index contributed by atoms with van der Waals surface area (Å²) in [5, 5.41) is 13.0. The Morgan fingerprint density at radius 1 is 1.26 bits per heavy atom. The van der Waals surface area contributed by atoms with Crippen LogP contribution < -0.4 is 5.32 Å². The first-order valence-corrected chi connectivity index (χ1v) is 8.08. The van der Waals surface area contributed by atoms with Gasteiger partial charge in [-0.1, -0.05) is 18.9 Å². The molecule has 2 aliphatic rings. The van der Waals surface area contributed by atoms with Crippen molar-refractivity contribution in [3.05, 3.63) is 28.7 Å². The van der Waals surface area contributed by atoms with E-state index in [-0.39, 0.29) is 10.6 Å². The fourth-order valence-electron chi connectivity index (χ4n) is 2.81. The second-order valence-electron chi connectivity index (χ2n) is 5.17. The van der Waals surface area contributed by atoms with Crippen LogP contribution in [0.15, 0.2) is 28.0 Å². The molecule has 3 rings (SSSR count). The van der Waals surface area contributed by atoms with Crippen molar-refractivity contribution in [3.63, 3.8) is 0 Å². The number of aromatic hydroxyl groups is 1. The molecule has 0 bridgehead atoms.